The van der Waals surface area contributed by atoms with Crippen molar-refractivity contribution in [1.82, 2.24) is 5.32 Å². The van der Waals surface area contributed by atoms with Crippen LogP contribution in [0.4, 0.5) is 0 Å². The Labute approximate surface area is 125 Å². The van der Waals surface area contributed by atoms with E-state index in [-0.39, 0.29) is 5.91 Å². The van der Waals surface area contributed by atoms with E-state index >= 15 is 0 Å². The van der Waals surface area contributed by atoms with Gasteiger partial charge in [-0.15, -0.1) is 0 Å². The monoisotopic (exact) mass is 379 g/mol. The Morgan fingerprint density at radius 3 is 3.06 bits per heavy atom. The number of hydrogen-bond donors (Lipinski definition) is 1. The van der Waals surface area contributed by atoms with Gasteiger partial charge in [0, 0.05) is 22.3 Å². The number of halogens is 2. The predicted octanol–water partition coefficient (Wildman–Crippen LogP) is 3.10. The van der Waals surface area contributed by atoms with Crippen molar-refractivity contribution in [3.05, 3.63) is 32.4 Å². The molecule has 0 radical (unpaired) electrons. The summed E-state index contributed by atoms with van der Waals surface area (Å²) < 4.78 is 6.33. The van der Waals surface area contributed by atoms with Crippen LogP contribution in [0, 0.1) is 9.49 Å². The zero-order chi connectivity index (χ0) is 13.0. The average Bonchev–Trinajstić information content (AvgIpc) is 2.40. The highest BCUT2D eigenvalue weighted by molar-refractivity contribution is 14.1. The van der Waals surface area contributed by atoms with Gasteiger partial charge < -0.3 is 10.1 Å². The Hall–Kier alpha value is -0.330. The van der Waals surface area contributed by atoms with Crippen LogP contribution in [0.3, 0.4) is 0 Å². The van der Waals surface area contributed by atoms with Gasteiger partial charge in [-0.1, -0.05) is 11.6 Å². The molecular weight excluding hydrogens is 365 g/mol. The standard InChI is InChI=1S/C13H15ClINO2/c14-11-6-10(3-4-12(11)15)13(17)16-7-9-2-1-5-18-8-9/h3-4,6,9H,1-2,5,7-8H2,(H,16,17). The van der Waals surface area contributed by atoms with Gasteiger partial charge in [0.25, 0.3) is 5.91 Å². The van der Waals surface area contributed by atoms with E-state index in [1.165, 1.54) is 0 Å². The first-order valence-electron chi connectivity index (χ1n) is 5.98. The molecule has 1 aliphatic heterocycles. The van der Waals surface area contributed by atoms with Crippen LogP contribution < -0.4 is 5.32 Å². The second-order valence-electron chi connectivity index (χ2n) is 4.42. The highest BCUT2D eigenvalue weighted by Gasteiger charge is 2.15. The lowest BCUT2D eigenvalue weighted by molar-refractivity contribution is 0.0536. The second kappa shape index (κ2) is 6.73. The lowest BCUT2D eigenvalue weighted by Crippen LogP contribution is -2.33. The van der Waals surface area contributed by atoms with Crippen molar-refractivity contribution in [1.29, 1.82) is 0 Å². The van der Waals surface area contributed by atoms with E-state index in [4.69, 9.17) is 16.3 Å². The molecule has 1 N–H and O–H groups in total. The summed E-state index contributed by atoms with van der Waals surface area (Å²) in [7, 11) is 0. The van der Waals surface area contributed by atoms with E-state index in [1.807, 2.05) is 6.07 Å². The quantitative estimate of drug-likeness (QED) is 0.820. The first-order chi connectivity index (χ1) is 8.66. The van der Waals surface area contributed by atoms with Crippen molar-refractivity contribution in [2.75, 3.05) is 19.8 Å². The summed E-state index contributed by atoms with van der Waals surface area (Å²) in [6, 6.07) is 5.35. The summed E-state index contributed by atoms with van der Waals surface area (Å²) in [6.07, 6.45) is 2.20. The van der Waals surface area contributed by atoms with Crippen molar-refractivity contribution in [3.8, 4) is 0 Å². The zero-order valence-corrected chi connectivity index (χ0v) is 12.8. The molecule has 1 fully saturated rings. The van der Waals surface area contributed by atoms with E-state index in [0.29, 0.717) is 23.0 Å². The summed E-state index contributed by atoms with van der Waals surface area (Å²) in [6.45, 7) is 2.26. The smallest absolute Gasteiger partial charge is 0.251 e. The van der Waals surface area contributed by atoms with Gasteiger partial charge in [-0.25, -0.2) is 0 Å². The van der Waals surface area contributed by atoms with Crippen LogP contribution in [0.15, 0.2) is 18.2 Å². The molecular formula is C13H15ClINO2. The third-order valence-corrected chi connectivity index (χ3v) is 4.56. The van der Waals surface area contributed by atoms with Gasteiger partial charge in [0.15, 0.2) is 0 Å². The first-order valence-corrected chi connectivity index (χ1v) is 7.43. The normalized spacial score (nSPS) is 19.6. The third kappa shape index (κ3) is 3.83. The summed E-state index contributed by atoms with van der Waals surface area (Å²) in [5.74, 6) is 0.362. The fourth-order valence-corrected chi connectivity index (χ4v) is 2.46. The Morgan fingerprint density at radius 2 is 2.39 bits per heavy atom. The molecule has 1 atom stereocenters. The molecule has 98 valence electrons. The Balaban J connectivity index is 1.88. The molecule has 1 aliphatic rings. The van der Waals surface area contributed by atoms with Gasteiger partial charge in [0.2, 0.25) is 0 Å². The lowest BCUT2D eigenvalue weighted by atomic mass is 10.0. The van der Waals surface area contributed by atoms with Crippen molar-refractivity contribution in [2.24, 2.45) is 5.92 Å². The molecule has 1 amide bonds. The fraction of sp³-hybridized carbons (Fsp3) is 0.462. The number of carbonyl (C=O) groups excluding carboxylic acids is 1. The highest BCUT2D eigenvalue weighted by Crippen LogP contribution is 2.19. The number of rotatable bonds is 3. The van der Waals surface area contributed by atoms with Crippen molar-refractivity contribution in [2.45, 2.75) is 12.8 Å². The average molecular weight is 380 g/mol. The van der Waals surface area contributed by atoms with Gasteiger partial charge in [-0.05, 0) is 59.5 Å². The first kappa shape index (κ1) is 14.1. The molecule has 0 aliphatic carbocycles. The number of carbonyl (C=O) groups is 1. The van der Waals surface area contributed by atoms with Gasteiger partial charge in [-0.2, -0.15) is 0 Å². The number of benzene rings is 1. The van der Waals surface area contributed by atoms with Crippen LogP contribution in [0.1, 0.15) is 23.2 Å². The zero-order valence-electron chi connectivity index (χ0n) is 9.92. The molecule has 0 bridgehead atoms. The molecule has 1 saturated heterocycles. The van der Waals surface area contributed by atoms with E-state index in [1.54, 1.807) is 12.1 Å². The minimum absolute atomic E-state index is 0.0705. The highest BCUT2D eigenvalue weighted by atomic mass is 127. The van der Waals surface area contributed by atoms with Crippen LogP contribution in [0.2, 0.25) is 5.02 Å². The maximum atomic E-state index is 11.9. The minimum Gasteiger partial charge on any atom is -0.381 e. The number of nitrogens with one attached hydrogen (secondary N) is 1. The van der Waals surface area contributed by atoms with Crippen molar-refractivity contribution in [3.63, 3.8) is 0 Å². The van der Waals surface area contributed by atoms with Crippen LogP contribution in [0.5, 0.6) is 0 Å². The van der Waals surface area contributed by atoms with Crippen LogP contribution in [-0.2, 0) is 4.74 Å². The van der Waals surface area contributed by atoms with Crippen LogP contribution in [-0.4, -0.2) is 25.7 Å². The summed E-state index contributed by atoms with van der Waals surface area (Å²) in [4.78, 5) is 11.9. The Kier molecular flexibility index (Phi) is 5.26. The molecule has 1 aromatic carbocycles. The largest absolute Gasteiger partial charge is 0.381 e. The summed E-state index contributed by atoms with van der Waals surface area (Å²) in [5.41, 5.74) is 0.608. The molecule has 5 heteroatoms. The molecule has 2 rings (SSSR count). The molecule has 0 spiro atoms. The molecule has 18 heavy (non-hydrogen) atoms. The Bertz CT molecular complexity index is 433. The molecule has 0 saturated carbocycles. The molecule has 0 aromatic heterocycles. The predicted molar refractivity (Wildman–Crippen MR) is 80.0 cm³/mol. The third-order valence-electron chi connectivity index (χ3n) is 2.99. The van der Waals surface area contributed by atoms with E-state index in [9.17, 15) is 4.79 Å². The van der Waals surface area contributed by atoms with Crippen LogP contribution >= 0.6 is 34.2 Å². The second-order valence-corrected chi connectivity index (χ2v) is 5.99. The molecule has 1 aromatic rings. The topological polar surface area (TPSA) is 38.3 Å². The molecule has 1 heterocycles. The van der Waals surface area contributed by atoms with Gasteiger partial charge >= 0.3 is 0 Å². The van der Waals surface area contributed by atoms with E-state index in [0.717, 1.165) is 29.6 Å². The summed E-state index contributed by atoms with van der Waals surface area (Å²) in [5, 5.41) is 3.55. The van der Waals surface area contributed by atoms with Crippen molar-refractivity contribution >= 4 is 40.1 Å². The lowest BCUT2D eigenvalue weighted by Gasteiger charge is -2.22. The number of ether oxygens (including phenoxy) is 1. The van der Waals surface area contributed by atoms with Gasteiger partial charge in [0.1, 0.15) is 0 Å². The fourth-order valence-electron chi connectivity index (χ4n) is 1.94. The van der Waals surface area contributed by atoms with E-state index in [2.05, 4.69) is 27.9 Å². The number of amides is 1. The van der Waals surface area contributed by atoms with Gasteiger partial charge in [-0.3, -0.25) is 4.79 Å². The maximum absolute atomic E-state index is 11.9. The van der Waals surface area contributed by atoms with Crippen LogP contribution in [0.25, 0.3) is 0 Å². The molecule has 3 nitrogen and oxygen atoms in total. The molecule has 1 unspecified atom stereocenters. The SMILES string of the molecule is O=C(NCC1CCCOC1)c1ccc(I)c(Cl)c1. The van der Waals surface area contributed by atoms with Crippen molar-refractivity contribution < 1.29 is 9.53 Å². The summed E-state index contributed by atoms with van der Waals surface area (Å²) >= 11 is 8.14. The van der Waals surface area contributed by atoms with E-state index < -0.39 is 0 Å². The van der Waals surface area contributed by atoms with Gasteiger partial charge in [0.05, 0.1) is 11.6 Å². The number of hydrogen-bond acceptors (Lipinski definition) is 2. The maximum Gasteiger partial charge on any atom is 0.251 e. The minimum atomic E-state index is -0.0705. The Morgan fingerprint density at radius 1 is 1.56 bits per heavy atom.